The highest BCUT2D eigenvalue weighted by molar-refractivity contribution is 5.29. The van der Waals surface area contributed by atoms with E-state index in [0.29, 0.717) is 12.0 Å². The van der Waals surface area contributed by atoms with Crippen molar-refractivity contribution in [1.82, 2.24) is 15.3 Å². The summed E-state index contributed by atoms with van der Waals surface area (Å²) in [6, 6.07) is 0.407. The Labute approximate surface area is 88.5 Å². The zero-order valence-electron chi connectivity index (χ0n) is 8.78. The van der Waals surface area contributed by atoms with E-state index in [4.69, 9.17) is 0 Å². The average Bonchev–Trinajstić information content (AvgIpc) is 2.30. The van der Waals surface area contributed by atoms with Crippen molar-refractivity contribution < 1.29 is 4.39 Å². The third-order valence-corrected chi connectivity index (χ3v) is 2.74. The van der Waals surface area contributed by atoms with Crippen LogP contribution in [-0.2, 0) is 0 Å². The molecule has 0 saturated carbocycles. The zero-order valence-corrected chi connectivity index (χ0v) is 8.78. The lowest BCUT2D eigenvalue weighted by Gasteiger charge is -2.31. The van der Waals surface area contributed by atoms with Crippen LogP contribution in [0.25, 0.3) is 0 Å². The molecular formula is C10H15FN4. The molecular weight excluding hydrogens is 195 g/mol. The minimum Gasteiger partial charge on any atom is -0.340 e. The van der Waals surface area contributed by atoms with Gasteiger partial charge in [-0.1, -0.05) is 0 Å². The van der Waals surface area contributed by atoms with E-state index in [1.165, 1.54) is 12.4 Å². The largest absolute Gasteiger partial charge is 0.340 e. The molecule has 2 heterocycles. The highest BCUT2D eigenvalue weighted by atomic mass is 19.1. The molecule has 1 saturated heterocycles. The van der Waals surface area contributed by atoms with Crippen molar-refractivity contribution in [3.05, 3.63) is 18.2 Å². The van der Waals surface area contributed by atoms with Crippen molar-refractivity contribution in [1.29, 1.82) is 0 Å². The molecule has 0 radical (unpaired) electrons. The minimum atomic E-state index is -0.395. The van der Waals surface area contributed by atoms with Gasteiger partial charge in [-0.15, -0.1) is 0 Å². The van der Waals surface area contributed by atoms with Gasteiger partial charge in [0.25, 0.3) is 0 Å². The molecule has 1 aliphatic rings. The molecule has 0 unspecified atom stereocenters. The van der Waals surface area contributed by atoms with Crippen molar-refractivity contribution >= 4 is 5.95 Å². The number of nitrogens with one attached hydrogen (secondary N) is 1. The van der Waals surface area contributed by atoms with Crippen LogP contribution in [-0.4, -0.2) is 36.1 Å². The van der Waals surface area contributed by atoms with Crippen LogP contribution in [0.4, 0.5) is 10.3 Å². The van der Waals surface area contributed by atoms with Crippen LogP contribution in [0.1, 0.15) is 12.8 Å². The van der Waals surface area contributed by atoms with Gasteiger partial charge in [-0.25, -0.2) is 14.4 Å². The van der Waals surface area contributed by atoms with E-state index in [0.717, 1.165) is 25.9 Å². The fourth-order valence-electron chi connectivity index (χ4n) is 1.81. The Bertz CT molecular complexity index is 308. The Morgan fingerprint density at radius 1 is 1.47 bits per heavy atom. The molecule has 0 bridgehead atoms. The first-order valence-corrected chi connectivity index (χ1v) is 5.18. The van der Waals surface area contributed by atoms with Gasteiger partial charge in [0.05, 0.1) is 12.4 Å². The van der Waals surface area contributed by atoms with Crippen molar-refractivity contribution in [2.24, 2.45) is 0 Å². The van der Waals surface area contributed by atoms with Gasteiger partial charge < -0.3 is 10.2 Å². The van der Waals surface area contributed by atoms with Crippen LogP contribution in [0.3, 0.4) is 0 Å². The molecule has 0 amide bonds. The first kappa shape index (κ1) is 10.3. The standard InChI is InChI=1S/C10H15FN4/c1-15(9-3-2-4-12-7-9)10-13-5-8(11)6-14-10/h5-6,9,12H,2-4,7H2,1H3/t9-/m1/s1. The maximum absolute atomic E-state index is 12.6. The predicted molar refractivity (Wildman–Crippen MR) is 56.3 cm³/mol. The second kappa shape index (κ2) is 4.53. The summed E-state index contributed by atoms with van der Waals surface area (Å²) in [7, 11) is 1.95. The number of piperidine rings is 1. The third kappa shape index (κ3) is 2.41. The van der Waals surface area contributed by atoms with E-state index in [-0.39, 0.29) is 0 Å². The summed E-state index contributed by atoms with van der Waals surface area (Å²) in [5.74, 6) is 0.194. The lowest BCUT2D eigenvalue weighted by Crippen LogP contribution is -2.44. The number of hydrogen-bond acceptors (Lipinski definition) is 4. The van der Waals surface area contributed by atoms with Gasteiger partial charge in [0.2, 0.25) is 5.95 Å². The van der Waals surface area contributed by atoms with E-state index < -0.39 is 5.82 Å². The van der Waals surface area contributed by atoms with Gasteiger partial charge in [-0.05, 0) is 19.4 Å². The first-order valence-electron chi connectivity index (χ1n) is 5.18. The topological polar surface area (TPSA) is 41.1 Å². The highest BCUT2D eigenvalue weighted by Gasteiger charge is 2.19. The number of halogens is 1. The van der Waals surface area contributed by atoms with Gasteiger partial charge in [0.15, 0.2) is 5.82 Å². The summed E-state index contributed by atoms with van der Waals surface area (Å²) in [5.41, 5.74) is 0. The van der Waals surface area contributed by atoms with Gasteiger partial charge in [-0.2, -0.15) is 0 Å². The van der Waals surface area contributed by atoms with E-state index in [2.05, 4.69) is 15.3 Å². The molecule has 1 aromatic rings. The van der Waals surface area contributed by atoms with Crippen molar-refractivity contribution in [3.8, 4) is 0 Å². The van der Waals surface area contributed by atoms with Crippen molar-refractivity contribution in [2.45, 2.75) is 18.9 Å². The summed E-state index contributed by atoms with van der Waals surface area (Å²) in [6.45, 7) is 2.02. The van der Waals surface area contributed by atoms with Gasteiger partial charge in [0, 0.05) is 19.6 Å². The first-order chi connectivity index (χ1) is 7.27. The second-order valence-corrected chi connectivity index (χ2v) is 3.81. The van der Waals surface area contributed by atoms with Crippen LogP contribution in [0.2, 0.25) is 0 Å². The van der Waals surface area contributed by atoms with Crippen LogP contribution >= 0.6 is 0 Å². The molecule has 2 rings (SSSR count). The molecule has 1 atom stereocenters. The number of nitrogens with zero attached hydrogens (tertiary/aromatic N) is 3. The molecule has 82 valence electrons. The number of aromatic nitrogens is 2. The molecule has 1 N–H and O–H groups in total. The number of likely N-dealkylation sites (N-methyl/N-ethyl adjacent to an activating group) is 1. The Balaban J connectivity index is 2.05. The van der Waals surface area contributed by atoms with E-state index in [1.54, 1.807) is 0 Å². The summed E-state index contributed by atoms with van der Waals surface area (Å²) in [6.07, 6.45) is 4.70. The lowest BCUT2D eigenvalue weighted by atomic mass is 10.1. The van der Waals surface area contributed by atoms with E-state index in [9.17, 15) is 4.39 Å². The smallest absolute Gasteiger partial charge is 0.225 e. The molecule has 0 aromatic carbocycles. The Kier molecular flexibility index (Phi) is 3.11. The van der Waals surface area contributed by atoms with Gasteiger partial charge in [0.1, 0.15) is 0 Å². The molecule has 1 fully saturated rings. The van der Waals surface area contributed by atoms with Crippen LogP contribution < -0.4 is 10.2 Å². The summed E-state index contributed by atoms with van der Waals surface area (Å²) in [4.78, 5) is 9.94. The van der Waals surface area contributed by atoms with E-state index in [1.807, 2.05) is 11.9 Å². The summed E-state index contributed by atoms with van der Waals surface area (Å²) >= 11 is 0. The van der Waals surface area contributed by atoms with Gasteiger partial charge in [-0.3, -0.25) is 0 Å². The average molecular weight is 210 g/mol. The molecule has 15 heavy (non-hydrogen) atoms. The molecule has 0 aliphatic carbocycles. The Hall–Kier alpha value is -1.23. The van der Waals surface area contributed by atoms with Crippen LogP contribution in [0.5, 0.6) is 0 Å². The molecule has 1 aromatic heterocycles. The highest BCUT2D eigenvalue weighted by Crippen LogP contribution is 2.13. The molecule has 0 spiro atoms. The normalized spacial score (nSPS) is 21.3. The zero-order chi connectivity index (χ0) is 10.7. The van der Waals surface area contributed by atoms with Crippen LogP contribution in [0, 0.1) is 5.82 Å². The predicted octanol–water partition coefficient (Wildman–Crippen LogP) is 0.804. The SMILES string of the molecule is CN(c1ncc(F)cn1)[C@@H]1CCCNC1. The molecule has 1 aliphatic heterocycles. The maximum Gasteiger partial charge on any atom is 0.225 e. The molecule has 4 nitrogen and oxygen atoms in total. The maximum atomic E-state index is 12.6. The third-order valence-electron chi connectivity index (χ3n) is 2.74. The minimum absolute atomic E-state index is 0.395. The second-order valence-electron chi connectivity index (χ2n) is 3.81. The Morgan fingerprint density at radius 3 is 2.80 bits per heavy atom. The summed E-state index contributed by atoms with van der Waals surface area (Å²) in [5, 5.41) is 3.33. The summed E-state index contributed by atoms with van der Waals surface area (Å²) < 4.78 is 12.6. The Morgan fingerprint density at radius 2 is 2.20 bits per heavy atom. The quantitative estimate of drug-likeness (QED) is 0.784. The number of rotatable bonds is 2. The lowest BCUT2D eigenvalue weighted by molar-refractivity contribution is 0.440. The number of hydrogen-bond donors (Lipinski definition) is 1. The fraction of sp³-hybridized carbons (Fsp3) is 0.600. The number of anilines is 1. The van der Waals surface area contributed by atoms with Crippen molar-refractivity contribution in [3.63, 3.8) is 0 Å². The monoisotopic (exact) mass is 210 g/mol. The molecule has 5 heteroatoms. The van der Waals surface area contributed by atoms with Gasteiger partial charge >= 0.3 is 0 Å². The van der Waals surface area contributed by atoms with Crippen LogP contribution in [0.15, 0.2) is 12.4 Å². The fourth-order valence-corrected chi connectivity index (χ4v) is 1.81. The van der Waals surface area contributed by atoms with E-state index >= 15 is 0 Å². The van der Waals surface area contributed by atoms with Crippen molar-refractivity contribution in [2.75, 3.05) is 25.0 Å².